The summed E-state index contributed by atoms with van der Waals surface area (Å²) in [5.41, 5.74) is 0.218. The molecule has 20 heavy (non-hydrogen) atoms. The molecule has 2 rings (SSSR count). The molecule has 0 atom stereocenters. The third-order valence-electron chi connectivity index (χ3n) is 2.53. The molecule has 1 aromatic carbocycles. The highest BCUT2D eigenvalue weighted by molar-refractivity contribution is 9.10. The Kier molecular flexibility index (Phi) is 4.44. The van der Waals surface area contributed by atoms with Gasteiger partial charge in [0.1, 0.15) is 6.61 Å². The van der Waals surface area contributed by atoms with Crippen molar-refractivity contribution in [2.75, 3.05) is 13.2 Å². The van der Waals surface area contributed by atoms with Gasteiger partial charge in [-0.1, -0.05) is 15.9 Å². The number of benzene rings is 1. The van der Waals surface area contributed by atoms with E-state index in [1.165, 1.54) is 10.9 Å². The van der Waals surface area contributed by atoms with Crippen molar-refractivity contribution in [3.05, 3.63) is 39.4 Å². The van der Waals surface area contributed by atoms with Crippen molar-refractivity contribution in [3.8, 4) is 0 Å². The van der Waals surface area contributed by atoms with Crippen LogP contribution in [0.3, 0.4) is 0 Å². The largest absolute Gasteiger partial charge is 0.411 e. The molecule has 0 N–H and O–H groups in total. The molecule has 4 nitrogen and oxygen atoms in total. The monoisotopic (exact) mass is 350 g/mol. The van der Waals surface area contributed by atoms with Gasteiger partial charge in [-0.2, -0.15) is 13.2 Å². The number of halogens is 4. The number of aromatic nitrogens is 2. The first kappa shape index (κ1) is 15.0. The Bertz CT molecular complexity index is 670. The average Bonchev–Trinajstić information content (AvgIpc) is 2.35. The number of nitrogens with zero attached hydrogens (tertiary/aromatic N) is 2. The molecule has 0 amide bonds. The van der Waals surface area contributed by atoms with Gasteiger partial charge in [0, 0.05) is 4.47 Å². The number of alkyl halides is 3. The zero-order valence-electron chi connectivity index (χ0n) is 10.2. The summed E-state index contributed by atoms with van der Waals surface area (Å²) in [4.78, 5) is 16.1. The van der Waals surface area contributed by atoms with E-state index < -0.39 is 12.8 Å². The van der Waals surface area contributed by atoms with Gasteiger partial charge in [-0.15, -0.1) is 0 Å². The van der Waals surface area contributed by atoms with Crippen LogP contribution >= 0.6 is 15.9 Å². The molecule has 0 saturated heterocycles. The zero-order chi connectivity index (χ0) is 14.8. The summed E-state index contributed by atoms with van der Waals surface area (Å²) in [5, 5.41) is 0.409. The second-order valence-electron chi connectivity index (χ2n) is 4.07. The van der Waals surface area contributed by atoms with Crippen molar-refractivity contribution >= 4 is 26.8 Å². The standard InChI is InChI=1S/C12H10BrF3N2O2/c13-8-1-2-9-10(5-8)17-7-18(11(9)19)3-4-20-6-12(14,15)16/h1-2,5,7H,3-4,6H2. The van der Waals surface area contributed by atoms with Gasteiger partial charge in [-0.05, 0) is 18.2 Å². The summed E-state index contributed by atoms with van der Waals surface area (Å²) >= 11 is 3.27. The van der Waals surface area contributed by atoms with Crippen LogP contribution in [0.1, 0.15) is 0 Å². The number of hydrogen-bond acceptors (Lipinski definition) is 3. The number of hydrogen-bond donors (Lipinski definition) is 0. The number of ether oxygens (including phenoxy) is 1. The van der Waals surface area contributed by atoms with Crippen molar-refractivity contribution in [2.45, 2.75) is 12.7 Å². The highest BCUT2D eigenvalue weighted by Gasteiger charge is 2.27. The third-order valence-corrected chi connectivity index (χ3v) is 3.02. The normalized spacial score (nSPS) is 12.0. The molecule has 1 heterocycles. The van der Waals surface area contributed by atoms with E-state index in [1.807, 2.05) is 0 Å². The SMILES string of the molecule is O=c1c2ccc(Br)cc2ncn1CCOCC(F)(F)F. The Balaban J connectivity index is 2.10. The van der Waals surface area contributed by atoms with Crippen LogP contribution in [0.5, 0.6) is 0 Å². The molecule has 0 aliphatic heterocycles. The van der Waals surface area contributed by atoms with E-state index in [-0.39, 0.29) is 18.7 Å². The first-order valence-electron chi connectivity index (χ1n) is 5.66. The second-order valence-corrected chi connectivity index (χ2v) is 4.99. The van der Waals surface area contributed by atoms with Gasteiger partial charge in [0.25, 0.3) is 5.56 Å². The number of fused-ring (bicyclic) bond motifs is 1. The smallest absolute Gasteiger partial charge is 0.370 e. The summed E-state index contributed by atoms with van der Waals surface area (Å²) in [6.45, 7) is -1.51. The fourth-order valence-electron chi connectivity index (χ4n) is 1.64. The molecule has 1 aromatic heterocycles. The van der Waals surface area contributed by atoms with Crippen molar-refractivity contribution in [3.63, 3.8) is 0 Å². The van der Waals surface area contributed by atoms with E-state index in [0.29, 0.717) is 10.9 Å². The van der Waals surface area contributed by atoms with Crippen LogP contribution in [-0.4, -0.2) is 28.9 Å². The third kappa shape index (κ3) is 3.80. The van der Waals surface area contributed by atoms with Crippen LogP contribution < -0.4 is 5.56 Å². The van der Waals surface area contributed by atoms with Crippen LogP contribution in [-0.2, 0) is 11.3 Å². The molecule has 0 saturated carbocycles. The van der Waals surface area contributed by atoms with Crippen LogP contribution in [0, 0.1) is 0 Å². The first-order valence-corrected chi connectivity index (χ1v) is 6.45. The summed E-state index contributed by atoms with van der Waals surface area (Å²) in [6, 6.07) is 5.01. The fraction of sp³-hybridized carbons (Fsp3) is 0.333. The first-order chi connectivity index (χ1) is 9.37. The maximum atomic E-state index is 12.1. The Labute approximate surface area is 120 Å². The van der Waals surface area contributed by atoms with E-state index in [2.05, 4.69) is 25.7 Å². The van der Waals surface area contributed by atoms with Crippen LogP contribution in [0.2, 0.25) is 0 Å². The van der Waals surface area contributed by atoms with Gasteiger partial charge in [0.15, 0.2) is 0 Å². The Morgan fingerprint density at radius 2 is 2.10 bits per heavy atom. The van der Waals surface area contributed by atoms with Gasteiger partial charge in [0.05, 0.1) is 30.4 Å². The molecule has 0 spiro atoms. The lowest BCUT2D eigenvalue weighted by Gasteiger charge is -2.09. The van der Waals surface area contributed by atoms with Crippen LogP contribution in [0.15, 0.2) is 33.8 Å². The topological polar surface area (TPSA) is 44.1 Å². The van der Waals surface area contributed by atoms with Crippen molar-refractivity contribution in [2.24, 2.45) is 0 Å². The van der Waals surface area contributed by atoms with Crippen LogP contribution in [0.25, 0.3) is 10.9 Å². The summed E-state index contributed by atoms with van der Waals surface area (Å²) in [5.74, 6) is 0. The molecule has 0 aliphatic carbocycles. The van der Waals surface area contributed by atoms with E-state index in [9.17, 15) is 18.0 Å². The summed E-state index contributed by atoms with van der Waals surface area (Å²) in [7, 11) is 0. The quantitative estimate of drug-likeness (QED) is 0.796. The predicted octanol–water partition coefficient (Wildman–Crippen LogP) is 2.74. The molecule has 0 unspecified atom stereocenters. The molecular formula is C12H10BrF3N2O2. The van der Waals surface area contributed by atoms with Crippen molar-refractivity contribution in [1.29, 1.82) is 0 Å². The van der Waals surface area contributed by atoms with Crippen molar-refractivity contribution in [1.82, 2.24) is 9.55 Å². The molecular weight excluding hydrogens is 341 g/mol. The van der Waals surface area contributed by atoms with E-state index in [4.69, 9.17) is 0 Å². The van der Waals surface area contributed by atoms with E-state index in [0.717, 1.165) is 4.47 Å². The lowest BCUT2D eigenvalue weighted by atomic mass is 10.2. The second kappa shape index (κ2) is 5.92. The molecule has 8 heteroatoms. The molecule has 108 valence electrons. The average molecular weight is 351 g/mol. The maximum absolute atomic E-state index is 12.1. The van der Waals surface area contributed by atoms with Crippen LogP contribution in [0.4, 0.5) is 13.2 Å². The van der Waals surface area contributed by atoms with Gasteiger partial charge in [-0.25, -0.2) is 4.98 Å². The van der Waals surface area contributed by atoms with Crippen molar-refractivity contribution < 1.29 is 17.9 Å². The molecule has 0 bridgehead atoms. The lowest BCUT2D eigenvalue weighted by Crippen LogP contribution is -2.24. The Morgan fingerprint density at radius 1 is 1.35 bits per heavy atom. The molecule has 2 aromatic rings. The highest BCUT2D eigenvalue weighted by Crippen LogP contribution is 2.15. The number of rotatable bonds is 4. The van der Waals surface area contributed by atoms with Gasteiger partial charge in [-0.3, -0.25) is 9.36 Å². The maximum Gasteiger partial charge on any atom is 0.411 e. The Morgan fingerprint density at radius 3 is 2.80 bits per heavy atom. The molecule has 0 radical (unpaired) electrons. The van der Waals surface area contributed by atoms with E-state index in [1.54, 1.807) is 18.2 Å². The highest BCUT2D eigenvalue weighted by atomic mass is 79.9. The summed E-state index contributed by atoms with van der Waals surface area (Å²) in [6.07, 6.45) is -3.06. The lowest BCUT2D eigenvalue weighted by molar-refractivity contribution is -0.174. The minimum absolute atomic E-state index is 0.0217. The summed E-state index contributed by atoms with van der Waals surface area (Å²) < 4.78 is 42.2. The van der Waals surface area contributed by atoms with Gasteiger partial charge in [0.2, 0.25) is 0 Å². The fourth-order valence-corrected chi connectivity index (χ4v) is 1.99. The zero-order valence-corrected chi connectivity index (χ0v) is 11.7. The minimum Gasteiger partial charge on any atom is -0.370 e. The van der Waals surface area contributed by atoms with E-state index >= 15 is 0 Å². The minimum atomic E-state index is -4.36. The Hall–Kier alpha value is -1.41. The van der Waals surface area contributed by atoms with Gasteiger partial charge >= 0.3 is 6.18 Å². The molecule has 0 aliphatic rings. The molecule has 0 fully saturated rings. The van der Waals surface area contributed by atoms with Gasteiger partial charge < -0.3 is 4.74 Å². The predicted molar refractivity (Wildman–Crippen MR) is 70.6 cm³/mol.